The van der Waals surface area contributed by atoms with Crippen LogP contribution in [0, 0.1) is 0 Å². The van der Waals surface area contributed by atoms with Crippen molar-refractivity contribution < 1.29 is 10.2 Å². The third-order valence-electron chi connectivity index (χ3n) is 3.71. The molecule has 1 aromatic carbocycles. The largest absolute Gasteiger partial charge is 0.389 e. The van der Waals surface area contributed by atoms with E-state index in [4.69, 9.17) is 11.6 Å². The zero-order valence-electron chi connectivity index (χ0n) is 11.3. The van der Waals surface area contributed by atoms with Gasteiger partial charge in [0.1, 0.15) is 0 Å². The lowest BCUT2D eigenvalue weighted by Crippen LogP contribution is -2.46. The maximum Gasteiger partial charge on any atom is 0.0802 e. The fourth-order valence-corrected chi connectivity index (χ4v) is 2.90. The van der Waals surface area contributed by atoms with Crippen molar-refractivity contribution in [2.45, 2.75) is 37.9 Å². The number of hydrogen-bond acceptors (Lipinski definition) is 3. The number of hydrogen-bond donors (Lipinski definition) is 2. The molecule has 2 unspecified atom stereocenters. The van der Waals surface area contributed by atoms with E-state index < -0.39 is 11.7 Å². The first-order valence-corrected chi connectivity index (χ1v) is 7.22. The molecule has 1 aliphatic heterocycles. The van der Waals surface area contributed by atoms with Gasteiger partial charge >= 0.3 is 0 Å². The van der Waals surface area contributed by atoms with Crippen LogP contribution in [0.2, 0.25) is 5.02 Å². The van der Waals surface area contributed by atoms with Crippen molar-refractivity contribution in [3.63, 3.8) is 0 Å². The van der Waals surface area contributed by atoms with Gasteiger partial charge in [0.05, 0.1) is 11.7 Å². The number of rotatable bonds is 4. The van der Waals surface area contributed by atoms with E-state index >= 15 is 0 Å². The highest BCUT2D eigenvalue weighted by molar-refractivity contribution is 6.30. The molecule has 0 amide bonds. The molecule has 4 heteroatoms. The molecule has 1 aliphatic rings. The Balaban J connectivity index is 1.85. The summed E-state index contributed by atoms with van der Waals surface area (Å²) in [6.45, 7) is 4.37. The molecule has 0 aromatic heterocycles. The van der Waals surface area contributed by atoms with Crippen molar-refractivity contribution in [2.75, 3.05) is 19.6 Å². The summed E-state index contributed by atoms with van der Waals surface area (Å²) in [5.74, 6) is 0. The Morgan fingerprint density at radius 1 is 1.47 bits per heavy atom. The van der Waals surface area contributed by atoms with Crippen LogP contribution >= 0.6 is 11.6 Å². The Bertz CT molecular complexity index is 422. The van der Waals surface area contributed by atoms with Crippen LogP contribution in [-0.4, -0.2) is 40.3 Å². The van der Waals surface area contributed by atoms with Gasteiger partial charge in [0.25, 0.3) is 0 Å². The predicted molar refractivity (Wildman–Crippen MR) is 77.3 cm³/mol. The second kappa shape index (κ2) is 6.23. The van der Waals surface area contributed by atoms with E-state index in [1.54, 1.807) is 12.1 Å². The van der Waals surface area contributed by atoms with E-state index in [0.29, 0.717) is 18.0 Å². The quantitative estimate of drug-likeness (QED) is 0.893. The Kier molecular flexibility index (Phi) is 4.85. The average molecular weight is 284 g/mol. The van der Waals surface area contributed by atoms with E-state index in [9.17, 15) is 10.2 Å². The normalized spacial score (nSPS) is 26.3. The number of nitrogens with zero attached hydrogens (tertiary/aromatic N) is 1. The van der Waals surface area contributed by atoms with E-state index in [-0.39, 0.29) is 0 Å². The summed E-state index contributed by atoms with van der Waals surface area (Å²) in [7, 11) is 0. The van der Waals surface area contributed by atoms with Crippen molar-refractivity contribution >= 4 is 11.6 Å². The minimum atomic E-state index is -0.584. The van der Waals surface area contributed by atoms with Gasteiger partial charge in [-0.15, -0.1) is 0 Å². The fraction of sp³-hybridized carbons (Fsp3) is 0.600. The first kappa shape index (κ1) is 14.8. The number of halogens is 1. The van der Waals surface area contributed by atoms with Gasteiger partial charge in [-0.1, -0.05) is 23.7 Å². The minimum Gasteiger partial charge on any atom is -0.389 e. The molecular weight excluding hydrogens is 262 g/mol. The van der Waals surface area contributed by atoms with Gasteiger partial charge in [0.15, 0.2) is 0 Å². The topological polar surface area (TPSA) is 43.7 Å². The number of β-amino-alcohol motifs (C(OH)–C–C–N with tert-alkyl or cyclic N) is 1. The van der Waals surface area contributed by atoms with Crippen LogP contribution in [0.4, 0.5) is 0 Å². The summed E-state index contributed by atoms with van der Waals surface area (Å²) in [6.07, 6.45) is 2.04. The zero-order valence-corrected chi connectivity index (χ0v) is 12.1. The molecule has 19 heavy (non-hydrogen) atoms. The van der Waals surface area contributed by atoms with Crippen molar-refractivity contribution in [1.29, 1.82) is 0 Å². The lowest BCUT2D eigenvalue weighted by Gasteiger charge is -2.37. The predicted octanol–water partition coefficient (Wildman–Crippen LogP) is 2.61. The van der Waals surface area contributed by atoms with Crippen molar-refractivity contribution in [2.24, 2.45) is 0 Å². The van der Waals surface area contributed by atoms with Gasteiger partial charge in [-0.25, -0.2) is 0 Å². The molecule has 0 aliphatic carbocycles. The summed E-state index contributed by atoms with van der Waals surface area (Å²) < 4.78 is 0. The van der Waals surface area contributed by atoms with E-state index in [1.165, 1.54) is 0 Å². The van der Waals surface area contributed by atoms with Crippen LogP contribution in [-0.2, 0) is 0 Å². The summed E-state index contributed by atoms with van der Waals surface area (Å²) in [5, 5.41) is 20.9. The lowest BCUT2D eigenvalue weighted by atomic mass is 9.95. The maximum absolute atomic E-state index is 10.2. The highest BCUT2D eigenvalue weighted by atomic mass is 35.5. The monoisotopic (exact) mass is 283 g/mol. The SMILES string of the molecule is CC1(O)CCCN(CCC(O)c2cccc(Cl)c2)C1. The summed E-state index contributed by atoms with van der Waals surface area (Å²) in [5.41, 5.74) is 0.274. The molecule has 0 spiro atoms. The molecule has 3 nitrogen and oxygen atoms in total. The van der Waals surface area contributed by atoms with Crippen LogP contribution in [0.25, 0.3) is 0 Å². The summed E-state index contributed by atoms with van der Waals surface area (Å²) in [6, 6.07) is 7.35. The number of aliphatic hydroxyl groups is 2. The number of benzene rings is 1. The van der Waals surface area contributed by atoms with Gasteiger partial charge < -0.3 is 15.1 Å². The standard InChI is InChI=1S/C15H22ClNO2/c1-15(19)7-3-8-17(11-15)9-6-14(18)12-4-2-5-13(16)10-12/h2,4-5,10,14,18-19H,3,6-9,11H2,1H3. The first-order chi connectivity index (χ1) is 8.96. The van der Waals surface area contributed by atoms with Crippen LogP contribution in [0.3, 0.4) is 0 Å². The molecule has 2 N–H and O–H groups in total. The van der Waals surface area contributed by atoms with E-state index in [0.717, 1.165) is 31.5 Å². The molecule has 1 saturated heterocycles. The van der Waals surface area contributed by atoms with Crippen LogP contribution in [0.5, 0.6) is 0 Å². The van der Waals surface area contributed by atoms with Gasteiger partial charge in [0, 0.05) is 18.1 Å². The van der Waals surface area contributed by atoms with Crippen LogP contribution in [0.15, 0.2) is 24.3 Å². The molecule has 1 fully saturated rings. The van der Waals surface area contributed by atoms with Gasteiger partial charge in [-0.05, 0) is 50.4 Å². The third kappa shape index (κ3) is 4.46. The smallest absolute Gasteiger partial charge is 0.0802 e. The first-order valence-electron chi connectivity index (χ1n) is 6.84. The average Bonchev–Trinajstić information content (AvgIpc) is 2.35. The molecular formula is C15H22ClNO2. The van der Waals surface area contributed by atoms with Crippen molar-refractivity contribution in [1.82, 2.24) is 4.90 Å². The summed E-state index contributed by atoms with van der Waals surface area (Å²) in [4.78, 5) is 2.22. The van der Waals surface area contributed by atoms with Crippen LogP contribution < -0.4 is 0 Å². The van der Waals surface area contributed by atoms with Crippen LogP contribution in [0.1, 0.15) is 37.9 Å². The summed E-state index contributed by atoms with van der Waals surface area (Å²) >= 11 is 5.92. The molecule has 2 rings (SSSR count). The second-order valence-electron chi connectivity index (χ2n) is 5.74. The molecule has 0 saturated carbocycles. The fourth-order valence-electron chi connectivity index (χ4n) is 2.70. The number of piperidine rings is 1. The highest BCUT2D eigenvalue weighted by Gasteiger charge is 2.28. The Labute approximate surface area is 119 Å². The molecule has 0 radical (unpaired) electrons. The number of aliphatic hydroxyl groups excluding tert-OH is 1. The molecule has 0 bridgehead atoms. The second-order valence-corrected chi connectivity index (χ2v) is 6.17. The Morgan fingerprint density at radius 2 is 2.26 bits per heavy atom. The van der Waals surface area contributed by atoms with E-state index in [1.807, 2.05) is 19.1 Å². The van der Waals surface area contributed by atoms with Crippen molar-refractivity contribution in [3.8, 4) is 0 Å². The molecule has 1 heterocycles. The van der Waals surface area contributed by atoms with E-state index in [2.05, 4.69) is 4.90 Å². The van der Waals surface area contributed by atoms with Gasteiger partial charge in [0.2, 0.25) is 0 Å². The highest BCUT2D eigenvalue weighted by Crippen LogP contribution is 2.23. The molecule has 1 aromatic rings. The van der Waals surface area contributed by atoms with Crippen molar-refractivity contribution in [3.05, 3.63) is 34.9 Å². The Hall–Kier alpha value is -0.610. The zero-order chi connectivity index (χ0) is 13.9. The molecule has 106 valence electrons. The lowest BCUT2D eigenvalue weighted by molar-refractivity contribution is -0.0191. The molecule has 2 atom stereocenters. The van der Waals surface area contributed by atoms with Gasteiger partial charge in [-0.3, -0.25) is 0 Å². The maximum atomic E-state index is 10.2. The number of likely N-dealkylation sites (tertiary alicyclic amines) is 1. The minimum absolute atomic E-state index is 0.495. The van der Waals surface area contributed by atoms with Gasteiger partial charge in [-0.2, -0.15) is 0 Å². The Morgan fingerprint density at radius 3 is 2.95 bits per heavy atom. The third-order valence-corrected chi connectivity index (χ3v) is 3.94.